The van der Waals surface area contributed by atoms with E-state index in [1.807, 2.05) is 21.7 Å². The quantitative estimate of drug-likeness (QED) is 0.923. The maximum atomic E-state index is 11.8. The molecule has 0 radical (unpaired) electrons. The second-order valence-electron chi connectivity index (χ2n) is 5.98. The van der Waals surface area contributed by atoms with Gasteiger partial charge in [-0.15, -0.1) is 0 Å². The van der Waals surface area contributed by atoms with Gasteiger partial charge in [-0.3, -0.25) is 4.90 Å². The molecule has 4 heterocycles. The summed E-state index contributed by atoms with van der Waals surface area (Å²) in [6, 6.07) is 2.34. The molecule has 23 heavy (non-hydrogen) atoms. The van der Waals surface area contributed by atoms with Gasteiger partial charge in [0, 0.05) is 36.6 Å². The van der Waals surface area contributed by atoms with E-state index >= 15 is 0 Å². The van der Waals surface area contributed by atoms with Gasteiger partial charge in [-0.2, -0.15) is 16.3 Å². The van der Waals surface area contributed by atoms with Crippen molar-refractivity contribution in [2.75, 3.05) is 26.2 Å². The van der Waals surface area contributed by atoms with E-state index < -0.39 is 0 Å². The Hall–Kier alpha value is -1.93. The summed E-state index contributed by atoms with van der Waals surface area (Å²) in [7, 11) is 0. The number of carbonyl (C=O) groups is 1. The second-order valence-corrected chi connectivity index (χ2v) is 6.76. The first-order valence-corrected chi connectivity index (χ1v) is 8.86. The van der Waals surface area contributed by atoms with Crippen molar-refractivity contribution in [1.29, 1.82) is 0 Å². The van der Waals surface area contributed by atoms with Gasteiger partial charge >= 0.3 is 6.03 Å². The van der Waals surface area contributed by atoms with Crippen molar-refractivity contribution >= 4 is 17.4 Å². The number of hydrogen-bond donors (Lipinski definition) is 1. The summed E-state index contributed by atoms with van der Waals surface area (Å²) in [5.74, 6) is 1.28. The Balaban J connectivity index is 1.39. The Kier molecular flexibility index (Phi) is 4.00. The van der Waals surface area contributed by atoms with Crippen LogP contribution in [0, 0.1) is 0 Å². The van der Waals surface area contributed by atoms with Crippen LogP contribution in [0.15, 0.2) is 21.3 Å². The lowest BCUT2D eigenvalue weighted by Gasteiger charge is -2.36. The summed E-state index contributed by atoms with van der Waals surface area (Å²) in [5, 5.41) is 10.9. The number of nitrogens with zero attached hydrogens (tertiary/aromatic N) is 4. The van der Waals surface area contributed by atoms with E-state index in [9.17, 15) is 4.79 Å². The zero-order valence-electron chi connectivity index (χ0n) is 12.8. The van der Waals surface area contributed by atoms with Crippen molar-refractivity contribution in [3.8, 4) is 11.4 Å². The molecule has 0 unspecified atom stereocenters. The third-order valence-corrected chi connectivity index (χ3v) is 5.10. The van der Waals surface area contributed by atoms with Gasteiger partial charge < -0.3 is 14.7 Å². The van der Waals surface area contributed by atoms with Crippen molar-refractivity contribution in [2.45, 2.75) is 25.4 Å². The molecule has 2 amide bonds. The van der Waals surface area contributed by atoms with Gasteiger partial charge in [-0.25, -0.2) is 4.79 Å². The summed E-state index contributed by atoms with van der Waals surface area (Å²) >= 11 is 1.62. The summed E-state index contributed by atoms with van der Waals surface area (Å²) in [4.78, 5) is 20.6. The number of thiophene rings is 1. The fraction of sp³-hybridized carbons (Fsp3) is 0.533. The molecule has 8 heteroatoms. The predicted octanol–water partition coefficient (Wildman–Crippen LogP) is 1.79. The highest BCUT2D eigenvalue weighted by molar-refractivity contribution is 7.08. The van der Waals surface area contributed by atoms with Crippen LogP contribution in [0.25, 0.3) is 11.4 Å². The minimum absolute atomic E-state index is 0.0642. The third-order valence-electron chi connectivity index (χ3n) is 4.42. The van der Waals surface area contributed by atoms with Crippen LogP contribution in [0.3, 0.4) is 0 Å². The lowest BCUT2D eigenvalue weighted by Crippen LogP contribution is -2.48. The molecule has 0 bridgehead atoms. The lowest BCUT2D eigenvalue weighted by molar-refractivity contribution is 0.113. The third kappa shape index (κ3) is 3.09. The SMILES string of the molecule is O=C1NCCN1[C@@H]1CCCN(Cc2nc(-c3ccsc3)no2)C1. The number of rotatable bonds is 4. The molecule has 2 aliphatic heterocycles. The van der Waals surface area contributed by atoms with Gasteiger partial charge in [-0.1, -0.05) is 5.16 Å². The summed E-state index contributed by atoms with van der Waals surface area (Å²) < 4.78 is 5.38. The minimum Gasteiger partial charge on any atom is -0.338 e. The Labute approximate surface area is 138 Å². The molecule has 0 spiro atoms. The molecular formula is C15H19N5O2S. The molecular weight excluding hydrogens is 314 g/mol. The first-order chi connectivity index (χ1) is 11.3. The van der Waals surface area contributed by atoms with Gasteiger partial charge in [0.1, 0.15) is 0 Å². The number of urea groups is 1. The Morgan fingerprint density at radius 1 is 1.43 bits per heavy atom. The number of piperidine rings is 1. The zero-order chi connectivity index (χ0) is 15.6. The monoisotopic (exact) mass is 333 g/mol. The zero-order valence-corrected chi connectivity index (χ0v) is 13.6. The first kappa shape index (κ1) is 14.6. The fourth-order valence-electron chi connectivity index (χ4n) is 3.28. The van der Waals surface area contributed by atoms with Crippen LogP contribution < -0.4 is 5.32 Å². The van der Waals surface area contributed by atoms with Crippen LogP contribution in [0.4, 0.5) is 4.79 Å². The Morgan fingerprint density at radius 3 is 3.17 bits per heavy atom. The minimum atomic E-state index is 0.0642. The van der Waals surface area contributed by atoms with E-state index in [-0.39, 0.29) is 12.1 Å². The maximum absolute atomic E-state index is 11.8. The number of hydrogen-bond acceptors (Lipinski definition) is 6. The maximum Gasteiger partial charge on any atom is 0.317 e. The van der Waals surface area contributed by atoms with Crippen molar-refractivity contribution in [1.82, 2.24) is 25.3 Å². The van der Waals surface area contributed by atoms with Gasteiger partial charge in [0.15, 0.2) is 0 Å². The molecule has 1 atom stereocenters. The molecule has 122 valence electrons. The molecule has 0 aliphatic carbocycles. The van der Waals surface area contributed by atoms with Crippen LogP contribution in [-0.4, -0.2) is 58.2 Å². The molecule has 2 saturated heterocycles. The lowest BCUT2D eigenvalue weighted by atomic mass is 10.0. The Bertz CT molecular complexity index is 671. The van der Waals surface area contributed by atoms with Crippen LogP contribution in [-0.2, 0) is 6.54 Å². The van der Waals surface area contributed by atoms with Crippen LogP contribution in [0.2, 0.25) is 0 Å². The van der Waals surface area contributed by atoms with Crippen LogP contribution in [0.5, 0.6) is 0 Å². The number of carbonyl (C=O) groups excluding carboxylic acids is 1. The second kappa shape index (κ2) is 6.29. The highest BCUT2D eigenvalue weighted by Gasteiger charge is 2.31. The number of nitrogens with one attached hydrogen (secondary N) is 1. The van der Waals surface area contributed by atoms with Crippen molar-refractivity contribution in [3.05, 3.63) is 22.7 Å². The van der Waals surface area contributed by atoms with Gasteiger partial charge in [0.2, 0.25) is 11.7 Å². The normalized spacial score (nSPS) is 22.5. The summed E-state index contributed by atoms with van der Waals surface area (Å²) in [5.41, 5.74) is 0.996. The summed E-state index contributed by atoms with van der Waals surface area (Å²) in [6.45, 7) is 4.07. The highest BCUT2D eigenvalue weighted by atomic mass is 32.1. The first-order valence-electron chi connectivity index (χ1n) is 7.91. The molecule has 1 N–H and O–H groups in total. The molecule has 2 fully saturated rings. The molecule has 2 aliphatic rings. The smallest absolute Gasteiger partial charge is 0.317 e. The molecule has 2 aromatic heterocycles. The fourth-order valence-corrected chi connectivity index (χ4v) is 3.92. The summed E-state index contributed by atoms with van der Waals surface area (Å²) in [6.07, 6.45) is 2.15. The van der Waals surface area contributed by atoms with Crippen molar-refractivity contribution in [2.24, 2.45) is 0 Å². The standard InChI is InChI=1S/C15H19N5O2S/c21-15-16-4-6-20(15)12-2-1-5-19(8-12)9-13-17-14(18-22-13)11-3-7-23-10-11/h3,7,10,12H,1-2,4-6,8-9H2,(H,16,21)/t12-/m1/s1. The average molecular weight is 333 g/mol. The largest absolute Gasteiger partial charge is 0.338 e. The van der Waals surface area contributed by atoms with Crippen LogP contribution >= 0.6 is 11.3 Å². The number of aromatic nitrogens is 2. The van der Waals surface area contributed by atoms with E-state index in [2.05, 4.69) is 20.4 Å². The van der Waals surface area contributed by atoms with E-state index in [1.165, 1.54) is 0 Å². The van der Waals surface area contributed by atoms with Gasteiger partial charge in [0.05, 0.1) is 6.54 Å². The van der Waals surface area contributed by atoms with Crippen molar-refractivity contribution in [3.63, 3.8) is 0 Å². The number of amides is 2. The van der Waals surface area contributed by atoms with Crippen LogP contribution in [0.1, 0.15) is 18.7 Å². The molecule has 4 rings (SSSR count). The van der Waals surface area contributed by atoms with Crippen molar-refractivity contribution < 1.29 is 9.32 Å². The van der Waals surface area contributed by atoms with Gasteiger partial charge in [-0.05, 0) is 30.8 Å². The topological polar surface area (TPSA) is 74.5 Å². The predicted molar refractivity (Wildman–Crippen MR) is 86.0 cm³/mol. The molecule has 0 saturated carbocycles. The number of likely N-dealkylation sites (tertiary alicyclic amines) is 1. The van der Waals surface area contributed by atoms with E-state index in [4.69, 9.17) is 4.52 Å². The van der Waals surface area contributed by atoms with E-state index in [1.54, 1.807) is 11.3 Å². The Morgan fingerprint density at radius 2 is 2.39 bits per heavy atom. The molecule has 0 aromatic carbocycles. The van der Waals surface area contributed by atoms with E-state index in [0.717, 1.165) is 44.6 Å². The average Bonchev–Trinajstić information content (AvgIpc) is 3.28. The van der Waals surface area contributed by atoms with Gasteiger partial charge in [0.25, 0.3) is 0 Å². The highest BCUT2D eigenvalue weighted by Crippen LogP contribution is 2.21. The molecule has 2 aromatic rings. The molecule has 7 nitrogen and oxygen atoms in total. The van der Waals surface area contributed by atoms with E-state index in [0.29, 0.717) is 18.3 Å².